The highest BCUT2D eigenvalue weighted by atomic mass is 32.1. The summed E-state index contributed by atoms with van der Waals surface area (Å²) in [5.74, 6) is 1.04. The van der Waals surface area contributed by atoms with Crippen LogP contribution in [-0.2, 0) is 17.8 Å². The fourth-order valence-electron chi connectivity index (χ4n) is 4.38. The fourth-order valence-corrected chi connectivity index (χ4v) is 5.07. The highest BCUT2D eigenvalue weighted by molar-refractivity contribution is 7.10. The Hall–Kier alpha value is -1.69. The smallest absolute Gasteiger partial charge is 0.227 e. The number of nitrogens with zero attached hydrogens (tertiary/aromatic N) is 3. The number of hydrogen-bond donors (Lipinski definition) is 0. The number of piperazine rings is 1. The molecule has 2 aliphatic rings. The zero-order valence-corrected chi connectivity index (χ0v) is 17.4. The molecule has 3 heterocycles. The number of carbonyl (C=O) groups is 1. The highest BCUT2D eigenvalue weighted by Crippen LogP contribution is 2.21. The van der Waals surface area contributed by atoms with Crippen LogP contribution in [0.4, 0.5) is 0 Å². The largest absolute Gasteiger partial charge is 0.342 e. The van der Waals surface area contributed by atoms with E-state index in [9.17, 15) is 4.79 Å². The van der Waals surface area contributed by atoms with E-state index in [0.717, 1.165) is 51.5 Å². The first-order chi connectivity index (χ1) is 13.8. The van der Waals surface area contributed by atoms with Crippen LogP contribution in [-0.4, -0.2) is 66.4 Å². The lowest BCUT2D eigenvalue weighted by Crippen LogP contribution is -2.48. The molecule has 0 unspecified atom stereocenters. The predicted molar refractivity (Wildman–Crippen MR) is 115 cm³/mol. The summed E-state index contributed by atoms with van der Waals surface area (Å²) >= 11 is 1.68. The van der Waals surface area contributed by atoms with E-state index >= 15 is 0 Å². The van der Waals surface area contributed by atoms with Crippen molar-refractivity contribution in [3.8, 4) is 0 Å². The van der Waals surface area contributed by atoms with Crippen LogP contribution in [0.3, 0.4) is 0 Å². The fraction of sp³-hybridized carbons (Fsp3) is 0.522. The topological polar surface area (TPSA) is 26.8 Å². The Morgan fingerprint density at radius 2 is 1.61 bits per heavy atom. The Kier molecular flexibility index (Phi) is 6.78. The lowest BCUT2D eigenvalue weighted by Gasteiger charge is -2.39. The molecule has 1 amide bonds. The van der Waals surface area contributed by atoms with E-state index in [1.807, 2.05) is 6.07 Å². The molecule has 4 nitrogen and oxygen atoms in total. The van der Waals surface area contributed by atoms with E-state index in [4.69, 9.17) is 0 Å². The van der Waals surface area contributed by atoms with Crippen molar-refractivity contribution in [3.05, 3.63) is 58.3 Å². The van der Waals surface area contributed by atoms with Gasteiger partial charge < -0.3 is 9.80 Å². The predicted octanol–water partition coefficient (Wildman–Crippen LogP) is 3.35. The summed E-state index contributed by atoms with van der Waals surface area (Å²) in [5, 5.41) is 2.05. The quantitative estimate of drug-likeness (QED) is 0.748. The Bertz CT molecular complexity index is 718. The van der Waals surface area contributed by atoms with Crippen molar-refractivity contribution in [2.75, 3.05) is 45.8 Å². The van der Waals surface area contributed by atoms with Gasteiger partial charge >= 0.3 is 0 Å². The number of hydrogen-bond acceptors (Lipinski definition) is 4. The van der Waals surface area contributed by atoms with Crippen LogP contribution in [0.1, 0.15) is 23.3 Å². The van der Waals surface area contributed by atoms with Gasteiger partial charge in [-0.2, -0.15) is 0 Å². The first kappa shape index (κ1) is 19.6. The molecule has 2 aliphatic heterocycles. The number of benzene rings is 1. The molecule has 0 N–H and O–H groups in total. The van der Waals surface area contributed by atoms with E-state index < -0.39 is 0 Å². The summed E-state index contributed by atoms with van der Waals surface area (Å²) in [7, 11) is 0. The monoisotopic (exact) mass is 397 g/mol. The summed E-state index contributed by atoms with van der Waals surface area (Å²) in [4.78, 5) is 20.9. The lowest BCUT2D eigenvalue weighted by molar-refractivity contribution is -0.131. The molecule has 28 heavy (non-hydrogen) atoms. The molecule has 0 atom stereocenters. The van der Waals surface area contributed by atoms with Gasteiger partial charge in [-0.05, 0) is 35.8 Å². The zero-order valence-electron chi connectivity index (χ0n) is 16.6. The van der Waals surface area contributed by atoms with Gasteiger partial charge in [0.2, 0.25) is 5.91 Å². The number of likely N-dealkylation sites (tertiary alicyclic amines) is 1. The Balaban J connectivity index is 1.15. The molecule has 0 saturated carbocycles. The summed E-state index contributed by atoms with van der Waals surface area (Å²) in [5.41, 5.74) is 1.41. The van der Waals surface area contributed by atoms with E-state index in [-0.39, 0.29) is 0 Å². The normalized spacial score (nSPS) is 19.8. The third kappa shape index (κ3) is 5.43. The summed E-state index contributed by atoms with van der Waals surface area (Å²) in [6, 6.07) is 14.9. The second-order valence-corrected chi connectivity index (χ2v) is 9.17. The van der Waals surface area contributed by atoms with Crippen LogP contribution < -0.4 is 0 Å². The second-order valence-electron chi connectivity index (χ2n) is 8.14. The number of piperidine rings is 1. The van der Waals surface area contributed by atoms with E-state index in [1.54, 1.807) is 11.3 Å². The van der Waals surface area contributed by atoms with Crippen molar-refractivity contribution < 1.29 is 4.79 Å². The van der Waals surface area contributed by atoms with Crippen molar-refractivity contribution in [1.82, 2.24) is 14.7 Å². The van der Waals surface area contributed by atoms with Crippen LogP contribution in [0.5, 0.6) is 0 Å². The van der Waals surface area contributed by atoms with Gasteiger partial charge in [0.05, 0.1) is 6.42 Å². The van der Waals surface area contributed by atoms with Crippen molar-refractivity contribution in [1.29, 1.82) is 0 Å². The Morgan fingerprint density at radius 3 is 2.29 bits per heavy atom. The number of thiophene rings is 1. The van der Waals surface area contributed by atoms with Crippen LogP contribution in [0, 0.1) is 5.92 Å². The molecule has 150 valence electrons. The summed E-state index contributed by atoms with van der Waals surface area (Å²) in [6.07, 6.45) is 2.88. The number of carbonyl (C=O) groups excluding carboxylic acids is 1. The SMILES string of the molecule is O=C(Cc1cccs1)N1CCC(CN2CCN(Cc3ccccc3)CC2)CC1. The average Bonchev–Trinajstić information content (AvgIpc) is 3.24. The Labute approximate surface area is 172 Å². The van der Waals surface area contributed by atoms with Crippen molar-refractivity contribution in [3.63, 3.8) is 0 Å². The molecule has 2 fully saturated rings. The third-order valence-electron chi connectivity index (χ3n) is 6.10. The molecule has 1 aromatic heterocycles. The summed E-state index contributed by atoms with van der Waals surface area (Å²) < 4.78 is 0. The van der Waals surface area contributed by atoms with Crippen LogP contribution in [0.15, 0.2) is 47.8 Å². The Morgan fingerprint density at radius 1 is 0.893 bits per heavy atom. The minimum Gasteiger partial charge on any atom is -0.342 e. The first-order valence-electron chi connectivity index (χ1n) is 10.5. The maximum Gasteiger partial charge on any atom is 0.227 e. The molecule has 2 aromatic rings. The third-order valence-corrected chi connectivity index (χ3v) is 6.98. The van der Waals surface area contributed by atoms with E-state index in [2.05, 4.69) is 56.5 Å². The highest BCUT2D eigenvalue weighted by Gasteiger charge is 2.26. The van der Waals surface area contributed by atoms with Crippen LogP contribution in [0.25, 0.3) is 0 Å². The molecule has 0 aliphatic carbocycles. The molecule has 0 bridgehead atoms. The van der Waals surface area contributed by atoms with Crippen molar-refractivity contribution in [2.24, 2.45) is 5.92 Å². The van der Waals surface area contributed by atoms with Gasteiger partial charge in [-0.1, -0.05) is 36.4 Å². The number of amides is 1. The van der Waals surface area contributed by atoms with Gasteiger partial charge in [0.25, 0.3) is 0 Å². The van der Waals surface area contributed by atoms with Crippen molar-refractivity contribution in [2.45, 2.75) is 25.8 Å². The molecule has 0 radical (unpaired) electrons. The van der Waals surface area contributed by atoms with Crippen molar-refractivity contribution >= 4 is 17.2 Å². The zero-order chi connectivity index (χ0) is 19.2. The van der Waals surface area contributed by atoms with Gasteiger partial charge in [-0.25, -0.2) is 0 Å². The average molecular weight is 398 g/mol. The molecule has 2 saturated heterocycles. The molecule has 1 aromatic carbocycles. The van der Waals surface area contributed by atoms with E-state index in [1.165, 1.54) is 30.1 Å². The first-order valence-corrected chi connectivity index (χ1v) is 11.4. The lowest BCUT2D eigenvalue weighted by atomic mass is 9.95. The molecule has 0 spiro atoms. The van der Waals surface area contributed by atoms with Gasteiger partial charge in [0, 0.05) is 57.2 Å². The molecule has 5 heteroatoms. The maximum absolute atomic E-state index is 12.5. The summed E-state index contributed by atoms with van der Waals surface area (Å²) in [6.45, 7) is 8.80. The molecule has 4 rings (SSSR count). The van der Waals surface area contributed by atoms with Crippen LogP contribution >= 0.6 is 11.3 Å². The molecular formula is C23H31N3OS. The van der Waals surface area contributed by atoms with Crippen LogP contribution in [0.2, 0.25) is 0 Å². The van der Waals surface area contributed by atoms with Gasteiger partial charge in [0.1, 0.15) is 0 Å². The minimum atomic E-state index is 0.301. The second kappa shape index (κ2) is 9.68. The number of rotatable bonds is 6. The maximum atomic E-state index is 12.5. The van der Waals surface area contributed by atoms with Gasteiger partial charge in [-0.15, -0.1) is 11.3 Å². The van der Waals surface area contributed by atoms with Gasteiger partial charge in [-0.3, -0.25) is 9.69 Å². The standard InChI is InChI=1S/C23H31N3OS/c27-23(17-22-7-4-16-28-22)26-10-8-21(9-11-26)19-25-14-12-24(13-15-25)18-20-5-2-1-3-6-20/h1-7,16,21H,8-15,17-19H2. The van der Waals surface area contributed by atoms with Gasteiger partial charge in [0.15, 0.2) is 0 Å². The molecular weight excluding hydrogens is 366 g/mol. The minimum absolute atomic E-state index is 0.301. The van der Waals surface area contributed by atoms with E-state index in [0.29, 0.717) is 12.3 Å².